The van der Waals surface area contributed by atoms with E-state index in [2.05, 4.69) is 9.80 Å². The molecule has 6 heteroatoms. The SMILES string of the molecule is O=C(NO)C(c1ccccc1)N1CCCCC1N1CCOCC1. The molecule has 6 nitrogen and oxygen atoms in total. The number of morpholine rings is 1. The molecule has 2 aliphatic heterocycles. The van der Waals surface area contributed by atoms with Crippen molar-refractivity contribution >= 4 is 5.91 Å². The van der Waals surface area contributed by atoms with Gasteiger partial charge in [-0.25, -0.2) is 5.48 Å². The van der Waals surface area contributed by atoms with Crippen molar-refractivity contribution in [2.45, 2.75) is 31.5 Å². The molecule has 0 bridgehead atoms. The summed E-state index contributed by atoms with van der Waals surface area (Å²) in [6.07, 6.45) is 3.50. The smallest absolute Gasteiger partial charge is 0.265 e. The van der Waals surface area contributed by atoms with Crippen LogP contribution in [0.2, 0.25) is 0 Å². The predicted octanol–water partition coefficient (Wildman–Crippen LogP) is 1.38. The average Bonchev–Trinajstić information content (AvgIpc) is 2.64. The minimum Gasteiger partial charge on any atom is -0.379 e. The van der Waals surface area contributed by atoms with Crippen molar-refractivity contribution in [1.82, 2.24) is 15.3 Å². The van der Waals surface area contributed by atoms with Crippen molar-refractivity contribution in [2.24, 2.45) is 0 Å². The summed E-state index contributed by atoms with van der Waals surface area (Å²) in [4.78, 5) is 17.0. The molecular weight excluding hydrogens is 294 g/mol. The van der Waals surface area contributed by atoms with Gasteiger partial charge in [-0.05, 0) is 24.8 Å². The van der Waals surface area contributed by atoms with Gasteiger partial charge >= 0.3 is 0 Å². The van der Waals surface area contributed by atoms with Crippen molar-refractivity contribution in [3.05, 3.63) is 35.9 Å². The van der Waals surface area contributed by atoms with Crippen LogP contribution in [0.25, 0.3) is 0 Å². The van der Waals surface area contributed by atoms with E-state index < -0.39 is 6.04 Å². The molecule has 0 spiro atoms. The molecule has 126 valence electrons. The molecular formula is C17H25N3O3. The van der Waals surface area contributed by atoms with Crippen LogP contribution in [0.5, 0.6) is 0 Å². The summed E-state index contributed by atoms with van der Waals surface area (Å²) in [5.74, 6) is -0.364. The number of ether oxygens (including phenoxy) is 1. The topological polar surface area (TPSA) is 65.0 Å². The van der Waals surface area contributed by atoms with Gasteiger partial charge in [0.1, 0.15) is 6.04 Å². The highest BCUT2D eigenvalue weighted by Crippen LogP contribution is 2.31. The number of benzene rings is 1. The molecule has 0 saturated carbocycles. The highest BCUT2D eigenvalue weighted by atomic mass is 16.5. The Balaban J connectivity index is 1.87. The van der Waals surface area contributed by atoms with E-state index in [4.69, 9.17) is 4.74 Å². The fraction of sp³-hybridized carbons (Fsp3) is 0.588. The number of amides is 1. The number of hydroxylamine groups is 1. The van der Waals surface area contributed by atoms with Gasteiger partial charge in [0.25, 0.3) is 5.91 Å². The molecule has 3 rings (SSSR count). The number of nitrogens with zero attached hydrogens (tertiary/aromatic N) is 2. The molecule has 23 heavy (non-hydrogen) atoms. The first-order valence-corrected chi connectivity index (χ1v) is 8.37. The van der Waals surface area contributed by atoms with Gasteiger partial charge in [0.15, 0.2) is 0 Å². The van der Waals surface area contributed by atoms with Gasteiger partial charge in [0.2, 0.25) is 0 Å². The Labute approximate surface area is 137 Å². The molecule has 0 aliphatic carbocycles. The van der Waals surface area contributed by atoms with E-state index in [1.165, 1.54) is 6.42 Å². The van der Waals surface area contributed by atoms with Crippen LogP contribution in [-0.4, -0.2) is 59.9 Å². The molecule has 1 aromatic rings. The average molecular weight is 319 g/mol. The van der Waals surface area contributed by atoms with Crippen LogP contribution in [0.15, 0.2) is 30.3 Å². The van der Waals surface area contributed by atoms with Crippen molar-refractivity contribution in [3.8, 4) is 0 Å². The van der Waals surface area contributed by atoms with Gasteiger partial charge < -0.3 is 4.74 Å². The van der Waals surface area contributed by atoms with Crippen LogP contribution in [0, 0.1) is 0 Å². The van der Waals surface area contributed by atoms with E-state index in [1.54, 1.807) is 0 Å². The fourth-order valence-electron chi connectivity index (χ4n) is 3.70. The molecule has 2 aliphatic rings. The van der Waals surface area contributed by atoms with Crippen LogP contribution < -0.4 is 5.48 Å². The van der Waals surface area contributed by atoms with Gasteiger partial charge in [0.05, 0.1) is 19.4 Å². The predicted molar refractivity (Wildman–Crippen MR) is 85.8 cm³/mol. The standard InChI is InChI=1S/C17H25N3O3/c21-17(18-22)16(14-6-2-1-3-7-14)20-9-5-4-8-15(20)19-10-12-23-13-11-19/h1-3,6-7,15-16,22H,4-5,8-13H2,(H,18,21). The quantitative estimate of drug-likeness (QED) is 0.648. The highest BCUT2D eigenvalue weighted by molar-refractivity contribution is 5.82. The maximum Gasteiger partial charge on any atom is 0.265 e. The number of carbonyl (C=O) groups is 1. The monoisotopic (exact) mass is 319 g/mol. The molecule has 2 saturated heterocycles. The number of rotatable bonds is 4. The number of nitrogens with one attached hydrogen (secondary N) is 1. The Morgan fingerprint density at radius 1 is 1.17 bits per heavy atom. The summed E-state index contributed by atoms with van der Waals surface area (Å²) in [6.45, 7) is 4.13. The zero-order chi connectivity index (χ0) is 16.1. The minimum atomic E-state index is -0.464. The summed E-state index contributed by atoms with van der Waals surface area (Å²) in [7, 11) is 0. The van der Waals surface area contributed by atoms with Gasteiger partial charge in [0, 0.05) is 19.6 Å². The molecule has 0 radical (unpaired) electrons. The van der Waals surface area contributed by atoms with E-state index in [9.17, 15) is 10.0 Å². The largest absolute Gasteiger partial charge is 0.379 e. The van der Waals surface area contributed by atoms with Crippen molar-refractivity contribution in [1.29, 1.82) is 0 Å². The van der Waals surface area contributed by atoms with Gasteiger partial charge in [-0.15, -0.1) is 0 Å². The summed E-state index contributed by atoms with van der Waals surface area (Å²) < 4.78 is 5.46. The zero-order valence-electron chi connectivity index (χ0n) is 13.4. The maximum absolute atomic E-state index is 12.4. The Bertz CT molecular complexity index is 505. The van der Waals surface area contributed by atoms with E-state index >= 15 is 0 Å². The summed E-state index contributed by atoms with van der Waals surface area (Å²) in [5, 5.41) is 9.23. The second-order valence-electron chi connectivity index (χ2n) is 6.15. The van der Waals surface area contributed by atoms with Gasteiger partial charge in [-0.2, -0.15) is 0 Å². The molecule has 1 aromatic carbocycles. The fourth-order valence-corrected chi connectivity index (χ4v) is 3.70. The molecule has 2 N–H and O–H groups in total. The van der Waals surface area contributed by atoms with Crippen LogP contribution in [0.4, 0.5) is 0 Å². The second kappa shape index (κ2) is 7.88. The van der Waals surface area contributed by atoms with Crippen LogP contribution >= 0.6 is 0 Å². The van der Waals surface area contributed by atoms with Crippen LogP contribution in [-0.2, 0) is 9.53 Å². The van der Waals surface area contributed by atoms with Gasteiger partial charge in [-0.1, -0.05) is 30.3 Å². The van der Waals surface area contributed by atoms with E-state index in [0.29, 0.717) is 0 Å². The first-order valence-electron chi connectivity index (χ1n) is 8.37. The minimum absolute atomic E-state index is 0.218. The molecule has 2 unspecified atom stereocenters. The van der Waals surface area contributed by atoms with Crippen molar-refractivity contribution in [2.75, 3.05) is 32.8 Å². The summed E-state index contributed by atoms with van der Waals surface area (Å²) >= 11 is 0. The molecule has 1 amide bonds. The second-order valence-corrected chi connectivity index (χ2v) is 6.15. The first kappa shape index (κ1) is 16.4. The highest BCUT2D eigenvalue weighted by Gasteiger charge is 2.37. The number of likely N-dealkylation sites (tertiary alicyclic amines) is 1. The number of carbonyl (C=O) groups excluding carboxylic acids is 1. The van der Waals surface area contributed by atoms with E-state index in [1.807, 2.05) is 35.8 Å². The Morgan fingerprint density at radius 3 is 2.61 bits per heavy atom. The van der Waals surface area contributed by atoms with E-state index in [-0.39, 0.29) is 12.1 Å². The van der Waals surface area contributed by atoms with Gasteiger partial charge in [-0.3, -0.25) is 19.8 Å². The maximum atomic E-state index is 12.4. The third kappa shape index (κ3) is 3.72. The Kier molecular flexibility index (Phi) is 5.61. The van der Waals surface area contributed by atoms with E-state index in [0.717, 1.165) is 51.3 Å². The number of piperidine rings is 1. The lowest BCUT2D eigenvalue weighted by Crippen LogP contribution is -2.57. The Hall–Kier alpha value is -1.47. The molecule has 2 heterocycles. The first-order chi connectivity index (χ1) is 11.3. The Morgan fingerprint density at radius 2 is 1.91 bits per heavy atom. The van der Waals surface area contributed by atoms with Crippen LogP contribution in [0.3, 0.4) is 0 Å². The third-order valence-corrected chi connectivity index (χ3v) is 4.78. The van der Waals surface area contributed by atoms with Crippen molar-refractivity contribution in [3.63, 3.8) is 0 Å². The molecule has 2 atom stereocenters. The number of hydrogen-bond acceptors (Lipinski definition) is 5. The molecule has 0 aromatic heterocycles. The lowest BCUT2D eigenvalue weighted by atomic mass is 9.98. The summed E-state index contributed by atoms with van der Waals surface area (Å²) in [6, 6.07) is 9.24. The van der Waals surface area contributed by atoms with Crippen molar-refractivity contribution < 1.29 is 14.7 Å². The zero-order valence-corrected chi connectivity index (χ0v) is 13.4. The normalized spacial score (nSPS) is 25.0. The van der Waals surface area contributed by atoms with Crippen LogP contribution in [0.1, 0.15) is 30.9 Å². The third-order valence-electron chi connectivity index (χ3n) is 4.78. The molecule has 2 fully saturated rings. The lowest BCUT2D eigenvalue weighted by Gasteiger charge is -2.46. The lowest BCUT2D eigenvalue weighted by molar-refractivity contribution is -0.141. The summed E-state index contributed by atoms with van der Waals surface area (Å²) in [5.41, 5.74) is 2.78. The number of hydrogen-bond donors (Lipinski definition) is 2.